The van der Waals surface area contributed by atoms with Gasteiger partial charge in [-0.2, -0.15) is 0 Å². The number of aliphatic hydroxyl groups is 1. The Balaban J connectivity index is 4.17. The highest BCUT2D eigenvalue weighted by Gasteiger charge is 2.23. The van der Waals surface area contributed by atoms with E-state index in [0.29, 0.717) is 17.4 Å². The Morgan fingerprint density at radius 2 is 0.767 bits per heavy atom. The Bertz CT molecular complexity index is 1280. The maximum Gasteiger partial charge on any atom is 0.268 e. The van der Waals surface area contributed by atoms with Crippen molar-refractivity contribution in [3.8, 4) is 0 Å². The highest BCUT2D eigenvalue weighted by Crippen LogP contribution is 2.38. The number of likely N-dealkylation sites (N-methyl/N-ethyl adjacent to an activating group) is 1. The van der Waals surface area contributed by atoms with E-state index in [4.69, 9.17) is 9.05 Å². The number of carbonyl (C=O) groups excluding carboxylic acids is 1. The average Bonchev–Trinajstić information content (AvgIpc) is 3.35. The Hall–Kier alpha value is -1.28. The van der Waals surface area contributed by atoms with Crippen LogP contribution in [0, 0.1) is 0 Å². The fourth-order valence-corrected chi connectivity index (χ4v) is 10.3. The third-order valence-electron chi connectivity index (χ3n) is 14.6. The van der Waals surface area contributed by atoms with Crippen molar-refractivity contribution in [2.45, 2.75) is 328 Å². The molecule has 3 unspecified atom stereocenters. The molecule has 2 N–H and O–H groups in total. The normalized spacial score (nSPS) is 14.0. The van der Waals surface area contributed by atoms with Gasteiger partial charge in [0.2, 0.25) is 5.91 Å². The van der Waals surface area contributed by atoms with Crippen LogP contribution in [-0.4, -0.2) is 68.5 Å². The van der Waals surface area contributed by atoms with Crippen LogP contribution in [0.4, 0.5) is 0 Å². The van der Waals surface area contributed by atoms with Crippen molar-refractivity contribution in [3.63, 3.8) is 0 Å². The molecule has 0 heterocycles. The minimum atomic E-state index is -4.61. The fourth-order valence-electron chi connectivity index (χ4n) is 9.60. The molecule has 0 saturated heterocycles. The summed E-state index contributed by atoms with van der Waals surface area (Å²) >= 11 is 0. The number of nitrogens with zero attached hydrogens (tertiary/aromatic N) is 1. The molecule has 0 rings (SSSR count). The number of hydrogen-bond donors (Lipinski definition) is 2. The molecule has 0 saturated carbocycles. The number of phosphoric ester groups is 1. The van der Waals surface area contributed by atoms with Crippen LogP contribution in [0.2, 0.25) is 0 Å². The van der Waals surface area contributed by atoms with E-state index in [1.165, 1.54) is 250 Å². The van der Waals surface area contributed by atoms with Gasteiger partial charge >= 0.3 is 0 Å². The number of amides is 1. The standard InChI is InChI=1S/C64H125N2O6P/c1-6-8-10-12-14-16-18-20-22-24-26-28-30-32-33-34-36-38-40-42-44-46-48-50-52-54-56-58-64(68)65-62(61-72-73(69,70)71-60-59-66(3,4)5)63(67)57-55-53-51-49-47-45-43-41-39-37-35-31-29-27-25-23-21-19-17-15-13-11-9-7-2/h39,41,47,49,55,57,62-63,67H,6-38,40,42-46,48,50-54,56,58-61H2,1-5H3,(H-,65,68,69,70)/b41-39+,49-47+,57-55+. The number of quaternary nitrogens is 1. The monoisotopic (exact) mass is 1050 g/mol. The summed E-state index contributed by atoms with van der Waals surface area (Å²) in [4.78, 5) is 25.6. The zero-order valence-electron chi connectivity index (χ0n) is 49.4. The van der Waals surface area contributed by atoms with Gasteiger partial charge in [-0.1, -0.05) is 301 Å². The molecule has 0 aliphatic carbocycles. The number of rotatable bonds is 59. The van der Waals surface area contributed by atoms with Crippen molar-refractivity contribution in [3.05, 3.63) is 36.5 Å². The lowest BCUT2D eigenvalue weighted by atomic mass is 10.0. The Labute approximate surface area is 455 Å². The smallest absolute Gasteiger partial charge is 0.268 e. The lowest BCUT2D eigenvalue weighted by Crippen LogP contribution is -2.45. The zero-order chi connectivity index (χ0) is 53.5. The molecule has 0 aromatic heterocycles. The van der Waals surface area contributed by atoms with Gasteiger partial charge in [0.15, 0.2) is 0 Å². The first-order valence-corrected chi connectivity index (χ1v) is 33.3. The van der Waals surface area contributed by atoms with Crippen molar-refractivity contribution >= 4 is 13.7 Å². The summed E-state index contributed by atoms with van der Waals surface area (Å²) in [6.07, 6.45) is 72.5. The van der Waals surface area contributed by atoms with Crippen LogP contribution < -0.4 is 10.2 Å². The number of nitrogens with one attached hydrogen (secondary N) is 1. The maximum atomic E-state index is 13.0. The molecule has 432 valence electrons. The summed E-state index contributed by atoms with van der Waals surface area (Å²) in [5.74, 6) is -0.205. The summed E-state index contributed by atoms with van der Waals surface area (Å²) in [6.45, 7) is 4.67. The van der Waals surface area contributed by atoms with Gasteiger partial charge in [0, 0.05) is 6.42 Å². The van der Waals surface area contributed by atoms with Crippen LogP contribution >= 0.6 is 7.82 Å². The summed E-state index contributed by atoms with van der Waals surface area (Å²) in [7, 11) is 1.25. The maximum absolute atomic E-state index is 13.0. The topological polar surface area (TPSA) is 108 Å². The van der Waals surface area contributed by atoms with Gasteiger partial charge in [-0.25, -0.2) is 0 Å². The Morgan fingerprint density at radius 1 is 0.466 bits per heavy atom. The van der Waals surface area contributed by atoms with Gasteiger partial charge in [-0.05, 0) is 44.9 Å². The molecule has 8 nitrogen and oxygen atoms in total. The quantitative estimate of drug-likeness (QED) is 0.0272. The molecule has 1 amide bonds. The van der Waals surface area contributed by atoms with Gasteiger partial charge in [0.25, 0.3) is 7.82 Å². The van der Waals surface area contributed by atoms with E-state index in [0.717, 1.165) is 44.9 Å². The predicted octanol–water partition coefficient (Wildman–Crippen LogP) is 19.1. The number of allylic oxidation sites excluding steroid dienone is 5. The van der Waals surface area contributed by atoms with Crippen LogP contribution in [-0.2, 0) is 18.4 Å². The van der Waals surface area contributed by atoms with Gasteiger partial charge < -0.3 is 28.8 Å². The molecule has 3 atom stereocenters. The summed E-state index contributed by atoms with van der Waals surface area (Å²) in [5.41, 5.74) is 0. The third kappa shape index (κ3) is 58.2. The van der Waals surface area contributed by atoms with Crippen LogP contribution in [0.1, 0.15) is 316 Å². The first-order chi connectivity index (χ1) is 35.5. The van der Waals surface area contributed by atoms with Gasteiger partial charge in [0.1, 0.15) is 13.2 Å². The number of carbonyl (C=O) groups is 1. The van der Waals surface area contributed by atoms with Crippen molar-refractivity contribution in [1.29, 1.82) is 0 Å². The van der Waals surface area contributed by atoms with E-state index in [1.54, 1.807) is 6.08 Å². The number of unbranched alkanes of at least 4 members (excludes halogenated alkanes) is 42. The molecule has 0 aromatic rings. The first-order valence-electron chi connectivity index (χ1n) is 31.9. The second-order valence-electron chi connectivity index (χ2n) is 23.1. The first kappa shape index (κ1) is 71.7. The molecule has 0 fully saturated rings. The summed E-state index contributed by atoms with van der Waals surface area (Å²) < 4.78 is 23.4. The minimum absolute atomic E-state index is 0.00721. The number of hydrogen-bond acceptors (Lipinski definition) is 6. The molecule has 0 spiro atoms. The van der Waals surface area contributed by atoms with E-state index in [1.807, 2.05) is 27.2 Å². The van der Waals surface area contributed by atoms with Crippen LogP contribution in [0.15, 0.2) is 36.5 Å². The van der Waals surface area contributed by atoms with Gasteiger partial charge in [0.05, 0.1) is 39.9 Å². The van der Waals surface area contributed by atoms with E-state index < -0.39 is 26.6 Å². The van der Waals surface area contributed by atoms with Crippen molar-refractivity contribution in [1.82, 2.24) is 5.32 Å². The summed E-state index contributed by atoms with van der Waals surface area (Å²) in [5, 5.41) is 13.9. The molecule has 0 radical (unpaired) electrons. The second kappa shape index (κ2) is 55.5. The second-order valence-corrected chi connectivity index (χ2v) is 24.5. The van der Waals surface area contributed by atoms with Crippen molar-refractivity contribution in [2.24, 2.45) is 0 Å². The van der Waals surface area contributed by atoms with Crippen LogP contribution in [0.5, 0.6) is 0 Å². The third-order valence-corrected chi connectivity index (χ3v) is 15.5. The van der Waals surface area contributed by atoms with E-state index in [-0.39, 0.29) is 12.5 Å². The molecule has 0 bridgehead atoms. The molecule has 0 aliphatic rings. The largest absolute Gasteiger partial charge is 0.756 e. The summed E-state index contributed by atoms with van der Waals surface area (Å²) in [6, 6.07) is -0.909. The molecule has 0 aromatic carbocycles. The minimum Gasteiger partial charge on any atom is -0.756 e. The van der Waals surface area contributed by atoms with E-state index in [9.17, 15) is 19.4 Å². The van der Waals surface area contributed by atoms with Crippen molar-refractivity contribution in [2.75, 3.05) is 40.9 Å². The molecular weight excluding hydrogens is 924 g/mol. The van der Waals surface area contributed by atoms with E-state index >= 15 is 0 Å². The highest BCUT2D eigenvalue weighted by atomic mass is 31.2. The average molecular weight is 1050 g/mol. The molecular formula is C64H125N2O6P. The number of aliphatic hydroxyl groups excluding tert-OH is 1. The van der Waals surface area contributed by atoms with Gasteiger partial charge in [-0.15, -0.1) is 0 Å². The molecule has 9 heteroatoms. The highest BCUT2D eigenvalue weighted by molar-refractivity contribution is 7.45. The zero-order valence-corrected chi connectivity index (χ0v) is 50.3. The molecule has 73 heavy (non-hydrogen) atoms. The van der Waals surface area contributed by atoms with Crippen LogP contribution in [0.3, 0.4) is 0 Å². The lowest BCUT2D eigenvalue weighted by Gasteiger charge is -2.29. The Morgan fingerprint density at radius 3 is 1.11 bits per heavy atom. The van der Waals surface area contributed by atoms with E-state index in [2.05, 4.69) is 43.5 Å². The number of phosphoric acid groups is 1. The van der Waals surface area contributed by atoms with Crippen LogP contribution in [0.25, 0.3) is 0 Å². The SMILES string of the molecule is CCCCCCCCCCCCCCCC/C=C/CC/C=C/CC/C=C/C(O)C(COP(=O)([O-])OCC[N+](C)(C)C)NC(=O)CCCCCCCCCCCCCCCCCCCCCCCCCCCCC. The Kier molecular flexibility index (Phi) is 54.5. The van der Waals surface area contributed by atoms with Gasteiger partial charge in [-0.3, -0.25) is 9.36 Å². The lowest BCUT2D eigenvalue weighted by molar-refractivity contribution is -0.870. The fraction of sp³-hybridized carbons (Fsp3) is 0.891. The predicted molar refractivity (Wildman–Crippen MR) is 316 cm³/mol. The molecule has 0 aliphatic heterocycles. The van der Waals surface area contributed by atoms with Crippen molar-refractivity contribution < 1.29 is 32.9 Å².